The van der Waals surface area contributed by atoms with Crippen molar-refractivity contribution in [3.05, 3.63) is 65.7 Å². The molecule has 0 aliphatic carbocycles. The smallest absolute Gasteiger partial charge is 0.254 e. The molecule has 2 aliphatic rings. The number of benzene rings is 1. The highest BCUT2D eigenvalue weighted by molar-refractivity contribution is 5.94. The number of amides is 1. The van der Waals surface area contributed by atoms with Crippen molar-refractivity contribution in [2.45, 2.75) is 31.2 Å². The molecule has 0 unspecified atom stereocenters. The highest BCUT2D eigenvalue weighted by atomic mass is 19.1. The number of carbonyl (C=O) groups excluding carboxylic acids is 1. The fraction of sp³-hybridized carbons (Fsp3) is 0.400. The van der Waals surface area contributed by atoms with Crippen molar-refractivity contribution in [1.82, 2.24) is 9.88 Å². The molecule has 2 aromatic rings. The molecule has 2 saturated heterocycles. The van der Waals surface area contributed by atoms with Gasteiger partial charge in [-0.05, 0) is 36.2 Å². The van der Waals surface area contributed by atoms with E-state index in [9.17, 15) is 9.18 Å². The molecule has 0 saturated carbocycles. The Balaban J connectivity index is 1.34. The van der Waals surface area contributed by atoms with Gasteiger partial charge < -0.3 is 14.4 Å². The normalized spacial score (nSPS) is 25.1. The fourth-order valence-electron chi connectivity index (χ4n) is 3.71. The van der Waals surface area contributed by atoms with Gasteiger partial charge in [0.05, 0.1) is 31.5 Å². The molecule has 2 atom stereocenters. The predicted octanol–water partition coefficient (Wildman–Crippen LogP) is 2.81. The average Bonchev–Trinajstić information content (AvgIpc) is 3.27. The zero-order valence-corrected chi connectivity index (χ0v) is 14.4. The van der Waals surface area contributed by atoms with Gasteiger partial charge in [-0.2, -0.15) is 0 Å². The SMILES string of the molecule is O=C(c1cccc(F)c1)N1CC[C@]2(C[C@@H](OCc3cccnc3)CO2)C1. The lowest BCUT2D eigenvalue weighted by Gasteiger charge is -2.23. The molecule has 2 aliphatic heterocycles. The molecule has 2 fully saturated rings. The van der Waals surface area contributed by atoms with Gasteiger partial charge in [0, 0.05) is 30.9 Å². The Morgan fingerprint density at radius 1 is 1.38 bits per heavy atom. The first-order chi connectivity index (χ1) is 12.6. The number of rotatable bonds is 4. The minimum absolute atomic E-state index is 0.0134. The standard InChI is InChI=1S/C20H21FN2O3/c21-17-5-1-4-16(9-17)19(24)23-8-6-20(14-23)10-18(13-26-20)25-12-15-3-2-7-22-11-15/h1-5,7,9,11,18H,6,8,10,12-14H2/t18-,20+/m1/s1. The Morgan fingerprint density at radius 2 is 2.31 bits per heavy atom. The van der Waals surface area contributed by atoms with Crippen LogP contribution in [0.1, 0.15) is 28.8 Å². The van der Waals surface area contributed by atoms with Crippen LogP contribution < -0.4 is 0 Å². The van der Waals surface area contributed by atoms with Crippen LogP contribution in [0.15, 0.2) is 48.8 Å². The molecule has 0 radical (unpaired) electrons. The van der Waals surface area contributed by atoms with Crippen molar-refractivity contribution < 1.29 is 18.7 Å². The summed E-state index contributed by atoms with van der Waals surface area (Å²) in [5.41, 5.74) is 1.06. The largest absolute Gasteiger partial charge is 0.371 e. The molecular formula is C20H21FN2O3. The molecule has 136 valence electrons. The van der Waals surface area contributed by atoms with Crippen molar-refractivity contribution in [3.63, 3.8) is 0 Å². The number of carbonyl (C=O) groups is 1. The Morgan fingerprint density at radius 3 is 3.12 bits per heavy atom. The number of ether oxygens (including phenoxy) is 2. The second-order valence-corrected chi connectivity index (χ2v) is 6.98. The first kappa shape index (κ1) is 17.1. The molecule has 6 heteroatoms. The van der Waals surface area contributed by atoms with Crippen LogP contribution in [0.4, 0.5) is 4.39 Å². The number of hydrogen-bond donors (Lipinski definition) is 0. The van der Waals surface area contributed by atoms with E-state index in [0.29, 0.717) is 31.9 Å². The molecular weight excluding hydrogens is 335 g/mol. The first-order valence-electron chi connectivity index (χ1n) is 8.83. The summed E-state index contributed by atoms with van der Waals surface area (Å²) >= 11 is 0. The van der Waals surface area contributed by atoms with Crippen LogP contribution in [0.25, 0.3) is 0 Å². The van der Waals surface area contributed by atoms with E-state index in [1.165, 1.54) is 12.1 Å². The van der Waals surface area contributed by atoms with Gasteiger partial charge in [0.2, 0.25) is 0 Å². The third-order valence-electron chi connectivity index (χ3n) is 5.06. The van der Waals surface area contributed by atoms with Gasteiger partial charge in [-0.25, -0.2) is 4.39 Å². The van der Waals surface area contributed by atoms with Gasteiger partial charge >= 0.3 is 0 Å². The van der Waals surface area contributed by atoms with E-state index < -0.39 is 5.82 Å². The highest BCUT2D eigenvalue weighted by Gasteiger charge is 2.47. The van der Waals surface area contributed by atoms with Crippen molar-refractivity contribution >= 4 is 5.91 Å². The minimum atomic E-state index is -0.397. The van der Waals surface area contributed by atoms with Crippen molar-refractivity contribution in [2.75, 3.05) is 19.7 Å². The van der Waals surface area contributed by atoms with Gasteiger partial charge in [0.15, 0.2) is 0 Å². The number of likely N-dealkylation sites (tertiary alicyclic amines) is 1. The van der Waals surface area contributed by atoms with Gasteiger partial charge in [0.1, 0.15) is 5.82 Å². The van der Waals surface area contributed by atoms with Crippen molar-refractivity contribution in [2.24, 2.45) is 0 Å². The van der Waals surface area contributed by atoms with E-state index in [4.69, 9.17) is 9.47 Å². The maximum absolute atomic E-state index is 13.4. The minimum Gasteiger partial charge on any atom is -0.371 e. The molecule has 0 N–H and O–H groups in total. The molecule has 4 rings (SSSR count). The number of halogens is 1. The Bertz CT molecular complexity index is 786. The lowest BCUT2D eigenvalue weighted by Crippen LogP contribution is -2.36. The maximum atomic E-state index is 13.4. The van der Waals surface area contributed by atoms with Gasteiger partial charge in [-0.3, -0.25) is 9.78 Å². The summed E-state index contributed by atoms with van der Waals surface area (Å²) in [5.74, 6) is -0.546. The molecule has 26 heavy (non-hydrogen) atoms. The third-order valence-corrected chi connectivity index (χ3v) is 5.06. The van der Waals surface area contributed by atoms with Gasteiger partial charge in [-0.1, -0.05) is 12.1 Å². The van der Waals surface area contributed by atoms with E-state index in [1.807, 2.05) is 12.1 Å². The summed E-state index contributed by atoms with van der Waals surface area (Å²) in [5, 5.41) is 0. The van der Waals surface area contributed by atoms with Crippen LogP contribution in [-0.2, 0) is 16.1 Å². The summed E-state index contributed by atoms with van der Waals surface area (Å²) in [4.78, 5) is 18.4. The topological polar surface area (TPSA) is 51.7 Å². The highest BCUT2D eigenvalue weighted by Crippen LogP contribution is 2.37. The summed E-state index contributed by atoms with van der Waals surface area (Å²) < 4.78 is 25.4. The molecule has 0 bridgehead atoms. The molecule has 3 heterocycles. The average molecular weight is 356 g/mol. The lowest BCUT2D eigenvalue weighted by atomic mass is 9.98. The van der Waals surface area contributed by atoms with E-state index in [0.717, 1.165) is 18.4 Å². The number of hydrogen-bond acceptors (Lipinski definition) is 4. The zero-order valence-electron chi connectivity index (χ0n) is 14.4. The maximum Gasteiger partial charge on any atom is 0.254 e. The van der Waals surface area contributed by atoms with E-state index in [2.05, 4.69) is 4.98 Å². The van der Waals surface area contributed by atoms with Gasteiger partial charge in [-0.15, -0.1) is 0 Å². The van der Waals surface area contributed by atoms with Crippen LogP contribution in [0.3, 0.4) is 0 Å². The summed E-state index contributed by atoms with van der Waals surface area (Å²) in [7, 11) is 0. The first-order valence-corrected chi connectivity index (χ1v) is 8.83. The summed E-state index contributed by atoms with van der Waals surface area (Å²) in [6.07, 6.45) is 5.08. The third kappa shape index (κ3) is 3.61. The summed E-state index contributed by atoms with van der Waals surface area (Å²) in [6.45, 7) is 2.17. The molecule has 1 amide bonds. The van der Waals surface area contributed by atoms with E-state index in [1.54, 1.807) is 29.4 Å². The van der Waals surface area contributed by atoms with Crippen LogP contribution in [-0.4, -0.2) is 47.2 Å². The monoisotopic (exact) mass is 356 g/mol. The lowest BCUT2D eigenvalue weighted by molar-refractivity contribution is 0.000248. The van der Waals surface area contributed by atoms with E-state index in [-0.39, 0.29) is 17.6 Å². The molecule has 1 spiro atoms. The Labute approximate surface area is 151 Å². The van der Waals surface area contributed by atoms with Crippen LogP contribution >= 0.6 is 0 Å². The van der Waals surface area contributed by atoms with Crippen LogP contribution in [0.2, 0.25) is 0 Å². The van der Waals surface area contributed by atoms with Gasteiger partial charge in [0.25, 0.3) is 5.91 Å². The van der Waals surface area contributed by atoms with Crippen LogP contribution in [0, 0.1) is 5.82 Å². The number of pyridine rings is 1. The second-order valence-electron chi connectivity index (χ2n) is 6.98. The quantitative estimate of drug-likeness (QED) is 0.845. The van der Waals surface area contributed by atoms with E-state index >= 15 is 0 Å². The molecule has 1 aromatic carbocycles. The molecule has 1 aromatic heterocycles. The Kier molecular flexibility index (Phi) is 4.70. The number of aromatic nitrogens is 1. The van der Waals surface area contributed by atoms with Crippen molar-refractivity contribution in [1.29, 1.82) is 0 Å². The number of nitrogens with zero attached hydrogens (tertiary/aromatic N) is 2. The Hall–Kier alpha value is -2.31. The molecule has 5 nitrogen and oxygen atoms in total. The van der Waals surface area contributed by atoms with Crippen LogP contribution in [0.5, 0.6) is 0 Å². The fourth-order valence-corrected chi connectivity index (χ4v) is 3.71. The van der Waals surface area contributed by atoms with Crippen molar-refractivity contribution in [3.8, 4) is 0 Å². The predicted molar refractivity (Wildman–Crippen MR) is 93.0 cm³/mol. The summed E-state index contributed by atoms with van der Waals surface area (Å²) in [6, 6.07) is 9.69. The zero-order chi connectivity index (χ0) is 18.0. The second kappa shape index (κ2) is 7.13.